The molecule has 3 aliphatic heterocycles. The summed E-state index contributed by atoms with van der Waals surface area (Å²) in [7, 11) is 0. The van der Waals surface area contributed by atoms with Gasteiger partial charge < -0.3 is 26.8 Å². The van der Waals surface area contributed by atoms with Crippen LogP contribution in [0.5, 0.6) is 0 Å². The molecular weight excluding hydrogens is 376 g/mol. The van der Waals surface area contributed by atoms with Crippen LogP contribution < -0.4 is 22.3 Å². The van der Waals surface area contributed by atoms with E-state index in [-0.39, 0.29) is 22.4 Å². The van der Waals surface area contributed by atoms with Crippen molar-refractivity contribution in [3.63, 3.8) is 0 Å². The average Bonchev–Trinajstić information content (AvgIpc) is 3.15. The van der Waals surface area contributed by atoms with Gasteiger partial charge in [-0.3, -0.25) is 4.79 Å². The number of para-hydroxylation sites is 1. The number of nitrogens with zero attached hydrogens (tertiary/aromatic N) is 1. The third-order valence-electron chi connectivity index (χ3n) is 7.49. The quantitative estimate of drug-likeness (QED) is 0.442. The molecule has 4 atom stereocenters. The van der Waals surface area contributed by atoms with E-state index in [0.29, 0.717) is 12.0 Å². The van der Waals surface area contributed by atoms with Crippen molar-refractivity contribution in [1.82, 2.24) is 0 Å². The lowest BCUT2D eigenvalue weighted by Crippen LogP contribution is -3.00. The highest BCUT2D eigenvalue weighted by molar-refractivity contribution is 5.84. The highest BCUT2D eigenvalue weighted by Gasteiger charge is 2.67. The van der Waals surface area contributed by atoms with Crippen molar-refractivity contribution in [3.05, 3.63) is 52.7 Å². The number of anilines is 1. The fourth-order valence-corrected chi connectivity index (χ4v) is 6.37. The molecule has 5 rings (SSSR count). The van der Waals surface area contributed by atoms with Crippen LogP contribution in [0.1, 0.15) is 32.3 Å². The molecule has 2 fully saturated rings. The fourth-order valence-electron chi connectivity index (χ4n) is 6.37. The fraction of sp³-hybridized carbons (Fsp3) is 0.476. The molecule has 1 spiro atoms. The lowest BCUT2D eigenvalue weighted by atomic mass is 9.61. The number of fused-ring (bicyclic) bond motifs is 2. The van der Waals surface area contributed by atoms with Gasteiger partial charge in [-0.1, -0.05) is 24.3 Å². The maximum absolute atomic E-state index is 12.1. The minimum absolute atomic E-state index is 0. The van der Waals surface area contributed by atoms with Gasteiger partial charge in [-0.25, -0.2) is 0 Å². The number of benzene rings is 1. The Morgan fingerprint density at radius 2 is 2.16 bits per heavy atom. The minimum atomic E-state index is 0. The molecule has 2 saturated heterocycles. The van der Waals surface area contributed by atoms with Gasteiger partial charge in [0.2, 0.25) is 0 Å². The van der Waals surface area contributed by atoms with Crippen molar-refractivity contribution in [2.75, 3.05) is 25.0 Å². The molecule has 2 bridgehead atoms. The molecule has 25 heavy (non-hydrogen) atoms. The SMILES string of the molecule is C/C=C1/C[N+]2(CC)CC[C@]34C(=C(C=O)[C@H]1C[C@@H]32)Nc1ccccc14.[Br-]. The van der Waals surface area contributed by atoms with E-state index in [1.54, 1.807) is 0 Å². The molecular formula is C21H25BrN2O. The Morgan fingerprint density at radius 3 is 2.88 bits per heavy atom. The number of halogens is 1. The minimum Gasteiger partial charge on any atom is -1.00 e. The number of quaternary nitrogens is 1. The molecule has 3 heterocycles. The second-order valence-electron chi connectivity index (χ2n) is 7.92. The van der Waals surface area contributed by atoms with Crippen LogP contribution in [0.2, 0.25) is 0 Å². The highest BCUT2D eigenvalue weighted by Crippen LogP contribution is 2.63. The predicted molar refractivity (Wildman–Crippen MR) is 95.6 cm³/mol. The van der Waals surface area contributed by atoms with Crippen LogP contribution >= 0.6 is 0 Å². The van der Waals surface area contributed by atoms with Gasteiger partial charge in [-0.15, -0.1) is 0 Å². The summed E-state index contributed by atoms with van der Waals surface area (Å²) in [5.74, 6) is 0.318. The van der Waals surface area contributed by atoms with Crippen LogP contribution in [-0.2, 0) is 10.2 Å². The van der Waals surface area contributed by atoms with Gasteiger partial charge >= 0.3 is 0 Å². The van der Waals surface area contributed by atoms with Crippen molar-refractivity contribution in [2.24, 2.45) is 5.92 Å². The molecule has 0 saturated carbocycles. The number of piperidine rings is 1. The van der Waals surface area contributed by atoms with Gasteiger partial charge in [0.1, 0.15) is 18.9 Å². The zero-order chi connectivity index (χ0) is 16.5. The Morgan fingerprint density at radius 1 is 1.36 bits per heavy atom. The Balaban J connectivity index is 0.00000157. The lowest BCUT2D eigenvalue weighted by molar-refractivity contribution is -0.940. The number of nitrogens with one attached hydrogen (secondary N) is 1. The van der Waals surface area contributed by atoms with E-state index in [0.717, 1.165) is 31.2 Å². The first kappa shape index (κ1) is 17.0. The molecule has 1 N–H and O–H groups in total. The number of allylic oxidation sites excluding steroid dienone is 2. The number of hydrogen-bond donors (Lipinski definition) is 1. The first-order chi connectivity index (χ1) is 11.7. The summed E-state index contributed by atoms with van der Waals surface area (Å²) in [6.07, 6.45) is 5.70. The van der Waals surface area contributed by atoms with E-state index in [1.807, 2.05) is 0 Å². The first-order valence-corrected chi connectivity index (χ1v) is 9.27. The normalized spacial score (nSPS) is 38.7. The number of rotatable bonds is 2. The van der Waals surface area contributed by atoms with E-state index in [1.165, 1.54) is 40.1 Å². The van der Waals surface area contributed by atoms with Crippen LogP contribution in [0.4, 0.5) is 5.69 Å². The van der Waals surface area contributed by atoms with Gasteiger partial charge in [-0.05, 0) is 31.1 Å². The largest absolute Gasteiger partial charge is 1.00 e. The monoisotopic (exact) mass is 400 g/mol. The Kier molecular flexibility index (Phi) is 3.79. The smallest absolute Gasteiger partial charge is 0.148 e. The number of aldehydes is 1. The van der Waals surface area contributed by atoms with Crippen LogP contribution in [0, 0.1) is 5.92 Å². The molecule has 132 valence electrons. The number of carbonyl (C=O) groups is 1. The van der Waals surface area contributed by atoms with Gasteiger partial charge in [-0.2, -0.15) is 0 Å². The summed E-state index contributed by atoms with van der Waals surface area (Å²) in [5, 5.41) is 3.68. The number of likely N-dealkylation sites (N-methyl/N-ethyl adjacent to an activating group) is 1. The molecule has 0 radical (unpaired) electrons. The molecule has 1 unspecified atom stereocenters. The van der Waals surface area contributed by atoms with Gasteiger partial charge in [0.15, 0.2) is 0 Å². The maximum Gasteiger partial charge on any atom is 0.148 e. The zero-order valence-electron chi connectivity index (χ0n) is 14.9. The molecule has 3 nitrogen and oxygen atoms in total. The summed E-state index contributed by atoms with van der Waals surface area (Å²) in [5.41, 5.74) is 6.41. The summed E-state index contributed by atoms with van der Waals surface area (Å²) in [6, 6.07) is 9.33. The van der Waals surface area contributed by atoms with Gasteiger partial charge in [0, 0.05) is 35.7 Å². The summed E-state index contributed by atoms with van der Waals surface area (Å²) in [4.78, 5) is 12.1. The predicted octanol–water partition coefficient (Wildman–Crippen LogP) is 0.396. The Labute approximate surface area is 160 Å². The van der Waals surface area contributed by atoms with Gasteiger partial charge in [0.25, 0.3) is 0 Å². The highest BCUT2D eigenvalue weighted by atomic mass is 79.9. The van der Waals surface area contributed by atoms with E-state index in [9.17, 15) is 4.79 Å². The topological polar surface area (TPSA) is 29.1 Å². The molecule has 1 aromatic carbocycles. The van der Waals surface area contributed by atoms with Crippen LogP contribution in [-0.4, -0.2) is 36.4 Å². The van der Waals surface area contributed by atoms with Crippen LogP contribution in [0.15, 0.2) is 47.2 Å². The van der Waals surface area contributed by atoms with Crippen LogP contribution in [0.3, 0.4) is 0 Å². The molecule has 0 amide bonds. The number of carbonyl (C=O) groups excluding carboxylic acids is 1. The molecule has 1 aromatic rings. The third-order valence-corrected chi connectivity index (χ3v) is 7.49. The van der Waals surface area contributed by atoms with Crippen molar-refractivity contribution in [2.45, 2.75) is 38.1 Å². The zero-order valence-corrected chi connectivity index (χ0v) is 16.5. The lowest BCUT2D eigenvalue weighted by Gasteiger charge is -2.53. The van der Waals surface area contributed by atoms with Crippen molar-refractivity contribution in [3.8, 4) is 0 Å². The summed E-state index contributed by atoms with van der Waals surface area (Å²) < 4.78 is 1.20. The Bertz CT molecular complexity index is 814. The molecule has 1 aliphatic carbocycles. The summed E-state index contributed by atoms with van der Waals surface area (Å²) >= 11 is 0. The molecule has 0 aromatic heterocycles. The Hall–Kier alpha value is -1.39. The first-order valence-electron chi connectivity index (χ1n) is 9.27. The van der Waals surface area contributed by atoms with Crippen molar-refractivity contribution in [1.29, 1.82) is 0 Å². The second-order valence-corrected chi connectivity index (χ2v) is 7.92. The maximum atomic E-state index is 12.1. The van der Waals surface area contributed by atoms with Crippen molar-refractivity contribution < 1.29 is 26.3 Å². The third kappa shape index (κ3) is 1.82. The van der Waals surface area contributed by atoms with E-state index in [4.69, 9.17) is 0 Å². The molecule has 4 heteroatoms. The van der Waals surface area contributed by atoms with E-state index in [2.05, 4.69) is 49.5 Å². The van der Waals surface area contributed by atoms with Crippen LogP contribution in [0.25, 0.3) is 0 Å². The molecule has 4 aliphatic rings. The number of hydrogen-bond acceptors (Lipinski definition) is 2. The standard InChI is InChI=1S/C21H24N2O.BrH/c1-3-14-12-23(4-2)10-9-21-17-7-5-6-8-18(17)22-20(21)16(13-24)15(14)11-19(21)23;/h3,5-8,13,15,19H,4,9-12H2,1-2H3;1H/b14-3-;/t15-,19-,21+,23?;/m0./s1. The second kappa shape index (κ2) is 5.55. The van der Waals surface area contributed by atoms with Crippen molar-refractivity contribution >= 4 is 12.0 Å². The van der Waals surface area contributed by atoms with E-state index < -0.39 is 0 Å². The van der Waals surface area contributed by atoms with Gasteiger partial charge in [0.05, 0.1) is 18.5 Å². The summed E-state index contributed by atoms with van der Waals surface area (Å²) in [6.45, 7) is 8.01. The van der Waals surface area contributed by atoms with E-state index >= 15 is 0 Å². The average molecular weight is 401 g/mol.